The zero-order valence-corrected chi connectivity index (χ0v) is 12.2. The first kappa shape index (κ1) is 17.6. The highest BCUT2D eigenvalue weighted by Crippen LogP contribution is 2.10. The van der Waals surface area contributed by atoms with Crippen molar-refractivity contribution in [3.8, 4) is 0 Å². The van der Waals surface area contributed by atoms with Crippen LogP contribution in [0.2, 0.25) is 0 Å². The Labute approximate surface area is 115 Å². The standard InChI is InChI=1S/C15H24O4/c1-11(2)6-5-7-12(3)8-9-15(14(18)10-16)19-13(4)17/h6,8,15-16H,5,7,9-10H2,1-4H3/b12-8+. The van der Waals surface area contributed by atoms with E-state index < -0.39 is 24.5 Å². The van der Waals surface area contributed by atoms with E-state index in [0.717, 1.165) is 18.4 Å². The van der Waals surface area contributed by atoms with E-state index in [1.54, 1.807) is 0 Å². The number of ether oxygens (including phenoxy) is 1. The number of carbonyl (C=O) groups excluding carboxylic acids is 2. The van der Waals surface area contributed by atoms with Crippen LogP contribution < -0.4 is 0 Å². The second-order valence-corrected chi connectivity index (χ2v) is 4.83. The highest BCUT2D eigenvalue weighted by molar-refractivity contribution is 5.86. The van der Waals surface area contributed by atoms with Crippen LogP contribution in [0.15, 0.2) is 23.3 Å². The van der Waals surface area contributed by atoms with Crippen molar-refractivity contribution < 1.29 is 19.4 Å². The predicted molar refractivity (Wildman–Crippen MR) is 74.7 cm³/mol. The lowest BCUT2D eigenvalue weighted by Gasteiger charge is -2.13. The summed E-state index contributed by atoms with van der Waals surface area (Å²) in [7, 11) is 0. The van der Waals surface area contributed by atoms with E-state index in [-0.39, 0.29) is 0 Å². The summed E-state index contributed by atoms with van der Waals surface area (Å²) in [4.78, 5) is 22.3. The van der Waals surface area contributed by atoms with Crippen LogP contribution in [0, 0.1) is 0 Å². The van der Waals surface area contributed by atoms with Crippen LogP contribution in [0.25, 0.3) is 0 Å². The van der Waals surface area contributed by atoms with Gasteiger partial charge in [-0.1, -0.05) is 23.3 Å². The summed E-state index contributed by atoms with van der Waals surface area (Å²) in [5.74, 6) is -0.981. The van der Waals surface area contributed by atoms with Crippen LogP contribution in [0.1, 0.15) is 47.0 Å². The van der Waals surface area contributed by atoms with Gasteiger partial charge in [0.15, 0.2) is 11.9 Å². The highest BCUT2D eigenvalue weighted by atomic mass is 16.5. The molecule has 4 heteroatoms. The number of hydrogen-bond acceptors (Lipinski definition) is 4. The summed E-state index contributed by atoms with van der Waals surface area (Å²) in [6.07, 6.45) is 5.35. The Bertz CT molecular complexity index is 362. The third-order valence-corrected chi connectivity index (χ3v) is 2.59. The fourth-order valence-corrected chi connectivity index (χ4v) is 1.55. The lowest BCUT2D eigenvalue weighted by Crippen LogP contribution is -2.28. The van der Waals surface area contributed by atoms with Crippen LogP contribution in [-0.4, -0.2) is 29.6 Å². The Morgan fingerprint density at radius 1 is 1.16 bits per heavy atom. The minimum atomic E-state index is -0.874. The van der Waals surface area contributed by atoms with Crippen LogP contribution in [0.4, 0.5) is 0 Å². The molecule has 0 aliphatic heterocycles. The molecule has 108 valence electrons. The molecular weight excluding hydrogens is 244 g/mol. The van der Waals surface area contributed by atoms with Crippen molar-refractivity contribution >= 4 is 11.8 Å². The number of carbonyl (C=O) groups is 2. The van der Waals surface area contributed by atoms with Gasteiger partial charge < -0.3 is 9.84 Å². The van der Waals surface area contributed by atoms with Gasteiger partial charge in [0.25, 0.3) is 0 Å². The lowest BCUT2D eigenvalue weighted by molar-refractivity contribution is -0.153. The van der Waals surface area contributed by atoms with Gasteiger partial charge in [0, 0.05) is 13.3 Å². The molecule has 1 unspecified atom stereocenters. The molecule has 0 rings (SSSR count). The molecule has 0 aromatic carbocycles. The first-order valence-corrected chi connectivity index (χ1v) is 6.46. The van der Waals surface area contributed by atoms with Crippen LogP contribution >= 0.6 is 0 Å². The van der Waals surface area contributed by atoms with Crippen molar-refractivity contribution in [2.45, 2.75) is 53.1 Å². The average molecular weight is 268 g/mol. The molecule has 0 saturated heterocycles. The predicted octanol–water partition coefficient (Wildman–Crippen LogP) is 2.56. The molecule has 1 atom stereocenters. The maximum atomic E-state index is 11.4. The molecule has 0 heterocycles. The first-order valence-electron chi connectivity index (χ1n) is 6.46. The summed E-state index contributed by atoms with van der Waals surface area (Å²) in [5, 5.41) is 8.82. The van der Waals surface area contributed by atoms with E-state index in [1.807, 2.05) is 13.0 Å². The molecule has 4 nitrogen and oxygen atoms in total. The fraction of sp³-hybridized carbons (Fsp3) is 0.600. The molecule has 0 bridgehead atoms. The molecule has 0 radical (unpaired) electrons. The SMILES string of the molecule is CC(=O)OC(C/C=C(\C)CCC=C(C)C)C(=O)CO. The Morgan fingerprint density at radius 3 is 2.26 bits per heavy atom. The van der Waals surface area contributed by atoms with Crippen molar-refractivity contribution in [2.75, 3.05) is 6.61 Å². The highest BCUT2D eigenvalue weighted by Gasteiger charge is 2.19. The minimum Gasteiger partial charge on any atom is -0.454 e. The Kier molecular flexibility index (Phi) is 8.79. The molecule has 0 aromatic heterocycles. The summed E-state index contributed by atoms with van der Waals surface area (Å²) >= 11 is 0. The van der Waals surface area contributed by atoms with Gasteiger partial charge in [-0.15, -0.1) is 0 Å². The number of aliphatic hydroxyl groups excluding tert-OH is 1. The zero-order valence-electron chi connectivity index (χ0n) is 12.2. The van der Waals surface area contributed by atoms with Gasteiger partial charge in [0.05, 0.1) is 0 Å². The molecule has 0 aliphatic rings. The third kappa shape index (κ3) is 9.19. The Morgan fingerprint density at radius 2 is 1.79 bits per heavy atom. The summed E-state index contributed by atoms with van der Waals surface area (Å²) in [6.45, 7) is 6.73. The Balaban J connectivity index is 4.38. The zero-order chi connectivity index (χ0) is 14.8. The van der Waals surface area contributed by atoms with Crippen LogP contribution in [0.3, 0.4) is 0 Å². The van der Waals surface area contributed by atoms with Crippen molar-refractivity contribution in [1.29, 1.82) is 0 Å². The number of esters is 1. The second kappa shape index (κ2) is 9.50. The third-order valence-electron chi connectivity index (χ3n) is 2.59. The first-order chi connectivity index (χ1) is 8.86. The molecule has 0 amide bonds. The number of ketones is 1. The molecule has 0 spiro atoms. The molecule has 0 aliphatic carbocycles. The van der Waals surface area contributed by atoms with Gasteiger partial charge in [-0.25, -0.2) is 0 Å². The maximum Gasteiger partial charge on any atom is 0.303 e. The van der Waals surface area contributed by atoms with E-state index in [1.165, 1.54) is 12.5 Å². The van der Waals surface area contributed by atoms with Crippen molar-refractivity contribution in [1.82, 2.24) is 0 Å². The van der Waals surface area contributed by atoms with Crippen molar-refractivity contribution in [3.63, 3.8) is 0 Å². The van der Waals surface area contributed by atoms with E-state index in [4.69, 9.17) is 9.84 Å². The number of aliphatic hydroxyl groups is 1. The summed E-state index contributed by atoms with van der Waals surface area (Å²) in [6, 6.07) is 0. The van der Waals surface area contributed by atoms with Gasteiger partial charge in [-0.2, -0.15) is 0 Å². The van der Waals surface area contributed by atoms with Crippen LogP contribution in [-0.2, 0) is 14.3 Å². The van der Waals surface area contributed by atoms with Gasteiger partial charge >= 0.3 is 5.97 Å². The fourth-order valence-electron chi connectivity index (χ4n) is 1.55. The second-order valence-electron chi connectivity index (χ2n) is 4.83. The smallest absolute Gasteiger partial charge is 0.303 e. The lowest BCUT2D eigenvalue weighted by atomic mass is 10.1. The normalized spacial score (nSPS) is 12.8. The maximum absolute atomic E-state index is 11.4. The topological polar surface area (TPSA) is 63.6 Å². The molecule has 1 N–H and O–H groups in total. The van der Waals surface area contributed by atoms with Crippen molar-refractivity contribution in [2.24, 2.45) is 0 Å². The Hall–Kier alpha value is -1.42. The number of allylic oxidation sites excluding steroid dienone is 3. The van der Waals surface area contributed by atoms with Crippen molar-refractivity contribution in [3.05, 3.63) is 23.3 Å². The van der Waals surface area contributed by atoms with Gasteiger partial charge in [-0.05, 0) is 33.6 Å². The van der Waals surface area contributed by atoms with Gasteiger partial charge in [0.2, 0.25) is 0 Å². The van der Waals surface area contributed by atoms with E-state index in [2.05, 4.69) is 19.9 Å². The molecule has 0 saturated carbocycles. The summed E-state index contributed by atoms with van der Waals surface area (Å²) < 4.78 is 4.89. The molecule has 0 fully saturated rings. The van der Waals surface area contributed by atoms with Crippen LogP contribution in [0.5, 0.6) is 0 Å². The van der Waals surface area contributed by atoms with Gasteiger partial charge in [0.1, 0.15) is 6.61 Å². The number of hydrogen-bond donors (Lipinski definition) is 1. The van der Waals surface area contributed by atoms with E-state index in [0.29, 0.717) is 6.42 Å². The van der Waals surface area contributed by atoms with E-state index >= 15 is 0 Å². The molecule has 0 aromatic rings. The average Bonchev–Trinajstić information content (AvgIpc) is 2.32. The quantitative estimate of drug-likeness (QED) is 0.543. The largest absolute Gasteiger partial charge is 0.454 e. The monoisotopic (exact) mass is 268 g/mol. The van der Waals surface area contributed by atoms with E-state index in [9.17, 15) is 9.59 Å². The number of Topliss-reactive ketones (excluding diaryl/α,β-unsaturated/α-hetero) is 1. The molecule has 19 heavy (non-hydrogen) atoms. The van der Waals surface area contributed by atoms with Gasteiger partial charge in [-0.3, -0.25) is 9.59 Å². The minimum absolute atomic E-state index is 0.319. The summed E-state index contributed by atoms with van der Waals surface area (Å²) in [5.41, 5.74) is 2.42. The number of rotatable bonds is 8. The molecular formula is C15H24O4.